The van der Waals surface area contributed by atoms with Gasteiger partial charge in [-0.1, -0.05) is 107 Å². The molecular weight excluding hydrogens is 453 g/mol. The monoisotopic (exact) mass is 475 g/mol. The van der Waals surface area contributed by atoms with Crippen LogP contribution in [0.4, 0.5) is 5.69 Å². The summed E-state index contributed by atoms with van der Waals surface area (Å²) in [4.78, 5) is 0. The Bertz CT molecular complexity index is 1120. The fourth-order valence-electron chi connectivity index (χ4n) is 3.70. The van der Waals surface area contributed by atoms with Crippen LogP contribution in [0.15, 0.2) is 114 Å². The first-order chi connectivity index (χ1) is 14.6. The summed E-state index contributed by atoms with van der Waals surface area (Å²) in [5.41, 5.74) is 3.17. The van der Waals surface area contributed by atoms with Crippen molar-refractivity contribution in [3.63, 3.8) is 0 Å². The van der Waals surface area contributed by atoms with Crippen LogP contribution in [0, 0.1) is 0 Å². The number of hydrogen-bond donors (Lipinski definition) is 1. The van der Waals surface area contributed by atoms with Crippen molar-refractivity contribution in [1.82, 2.24) is 0 Å². The van der Waals surface area contributed by atoms with Gasteiger partial charge in [-0.05, 0) is 30.7 Å². The van der Waals surface area contributed by atoms with Crippen molar-refractivity contribution in [3.05, 3.63) is 114 Å². The lowest BCUT2D eigenvalue weighted by atomic mass is 10.0. The number of halogens is 1. The molecule has 4 aromatic carbocycles. The molecule has 4 aromatic rings. The Morgan fingerprint density at radius 3 is 1.77 bits per heavy atom. The number of nitrogens with one attached hydrogen (secondary N) is 1. The second kappa shape index (κ2) is 9.04. The fraction of sp³-hybridized carbons (Fsp3) is 0.0769. The standard InChI is InChI=1S/C26H23BrNOP/c1-20(28-26-15-9-8-14-25(26)21-16-18-22(27)19-17-21)30(29,23-10-4-2-5-11-23)24-12-6-3-7-13-24/h2-20,28H,1H3. The summed E-state index contributed by atoms with van der Waals surface area (Å²) in [5, 5.41) is 5.30. The molecule has 1 atom stereocenters. The van der Waals surface area contributed by atoms with Gasteiger partial charge in [0.1, 0.15) is 0 Å². The summed E-state index contributed by atoms with van der Waals surface area (Å²) < 4.78 is 15.6. The summed E-state index contributed by atoms with van der Waals surface area (Å²) in [6, 6.07) is 36.0. The van der Waals surface area contributed by atoms with Crippen molar-refractivity contribution in [2.45, 2.75) is 12.7 Å². The predicted molar refractivity (Wildman–Crippen MR) is 132 cm³/mol. The molecule has 150 valence electrons. The SMILES string of the molecule is CC(Nc1ccccc1-c1ccc(Br)cc1)P(=O)(c1ccccc1)c1ccccc1. The number of benzene rings is 4. The number of anilines is 1. The van der Waals surface area contributed by atoms with E-state index in [4.69, 9.17) is 0 Å². The lowest BCUT2D eigenvalue weighted by Crippen LogP contribution is -2.29. The van der Waals surface area contributed by atoms with Crippen LogP contribution in [0.3, 0.4) is 0 Å². The van der Waals surface area contributed by atoms with Gasteiger partial charge in [-0.3, -0.25) is 0 Å². The molecule has 4 heteroatoms. The first-order valence-corrected chi connectivity index (χ1v) is 12.5. The molecule has 4 rings (SSSR count). The first kappa shape index (κ1) is 20.7. The van der Waals surface area contributed by atoms with Crippen LogP contribution in [0.5, 0.6) is 0 Å². The second-order valence-corrected chi connectivity index (χ2v) is 11.2. The van der Waals surface area contributed by atoms with E-state index in [0.29, 0.717) is 0 Å². The van der Waals surface area contributed by atoms with Crippen molar-refractivity contribution in [3.8, 4) is 11.1 Å². The normalized spacial score (nSPS) is 12.3. The van der Waals surface area contributed by atoms with Gasteiger partial charge >= 0.3 is 0 Å². The number of para-hydroxylation sites is 1. The molecule has 0 radical (unpaired) electrons. The maximum atomic E-state index is 14.5. The Kier molecular flexibility index (Phi) is 6.22. The Balaban J connectivity index is 1.76. The third-order valence-electron chi connectivity index (χ3n) is 5.27. The van der Waals surface area contributed by atoms with E-state index < -0.39 is 7.14 Å². The molecule has 1 N–H and O–H groups in total. The minimum atomic E-state index is -2.92. The van der Waals surface area contributed by atoms with Crippen LogP contribution in [0.25, 0.3) is 11.1 Å². The average molecular weight is 476 g/mol. The van der Waals surface area contributed by atoms with E-state index in [9.17, 15) is 4.57 Å². The van der Waals surface area contributed by atoms with Crippen LogP contribution < -0.4 is 15.9 Å². The van der Waals surface area contributed by atoms with E-state index in [0.717, 1.165) is 31.9 Å². The number of rotatable bonds is 6. The highest BCUT2D eigenvalue weighted by atomic mass is 79.9. The molecule has 0 aliphatic heterocycles. The van der Waals surface area contributed by atoms with Gasteiger partial charge < -0.3 is 9.88 Å². The molecule has 0 aliphatic rings. The van der Waals surface area contributed by atoms with Crippen molar-refractivity contribution in [1.29, 1.82) is 0 Å². The van der Waals surface area contributed by atoms with Crippen molar-refractivity contribution >= 4 is 39.4 Å². The molecule has 0 amide bonds. The predicted octanol–water partition coefficient (Wildman–Crippen LogP) is 6.89. The summed E-state index contributed by atoms with van der Waals surface area (Å²) >= 11 is 3.50. The minimum absolute atomic E-state index is 0.279. The minimum Gasteiger partial charge on any atom is -0.375 e. The van der Waals surface area contributed by atoms with Crippen molar-refractivity contribution in [2.75, 3.05) is 5.32 Å². The summed E-state index contributed by atoms with van der Waals surface area (Å²) in [7, 11) is -2.92. The molecule has 0 spiro atoms. The van der Waals surface area contributed by atoms with E-state index in [2.05, 4.69) is 39.4 Å². The van der Waals surface area contributed by atoms with E-state index in [1.165, 1.54) is 0 Å². The van der Waals surface area contributed by atoms with E-state index in [1.54, 1.807) is 0 Å². The number of hydrogen-bond acceptors (Lipinski definition) is 2. The summed E-state index contributed by atoms with van der Waals surface area (Å²) in [6.45, 7) is 2.01. The zero-order valence-electron chi connectivity index (χ0n) is 16.7. The molecular formula is C26H23BrNOP. The van der Waals surface area contributed by atoms with Gasteiger partial charge in [-0.2, -0.15) is 0 Å². The largest absolute Gasteiger partial charge is 0.375 e. The van der Waals surface area contributed by atoms with Crippen LogP contribution in [0.2, 0.25) is 0 Å². The van der Waals surface area contributed by atoms with E-state index in [1.807, 2.05) is 97.9 Å². The highest BCUT2D eigenvalue weighted by Crippen LogP contribution is 2.49. The molecule has 0 fully saturated rings. The van der Waals surface area contributed by atoms with Crippen LogP contribution in [-0.2, 0) is 4.57 Å². The molecule has 2 nitrogen and oxygen atoms in total. The van der Waals surface area contributed by atoms with E-state index in [-0.39, 0.29) is 5.78 Å². The fourth-order valence-corrected chi connectivity index (χ4v) is 6.71. The van der Waals surface area contributed by atoms with Crippen LogP contribution in [-0.4, -0.2) is 5.78 Å². The van der Waals surface area contributed by atoms with Crippen molar-refractivity contribution < 1.29 is 4.57 Å². The van der Waals surface area contributed by atoms with Gasteiger partial charge in [0.05, 0.1) is 5.78 Å². The zero-order chi connectivity index (χ0) is 21.0. The molecule has 30 heavy (non-hydrogen) atoms. The Morgan fingerprint density at radius 2 is 1.20 bits per heavy atom. The van der Waals surface area contributed by atoms with Crippen molar-refractivity contribution in [2.24, 2.45) is 0 Å². The molecule has 0 saturated heterocycles. The third-order valence-corrected chi connectivity index (χ3v) is 9.15. The summed E-state index contributed by atoms with van der Waals surface area (Å²) in [6.07, 6.45) is 0. The molecule has 0 saturated carbocycles. The molecule has 0 aliphatic carbocycles. The second-order valence-electron chi connectivity index (χ2n) is 7.20. The van der Waals surface area contributed by atoms with Crippen LogP contribution in [0.1, 0.15) is 6.92 Å². The lowest BCUT2D eigenvalue weighted by Gasteiger charge is -2.28. The smallest absolute Gasteiger partial charge is 0.163 e. The zero-order valence-corrected chi connectivity index (χ0v) is 19.2. The highest BCUT2D eigenvalue weighted by Gasteiger charge is 2.34. The topological polar surface area (TPSA) is 29.1 Å². The molecule has 1 unspecified atom stereocenters. The highest BCUT2D eigenvalue weighted by molar-refractivity contribution is 9.10. The van der Waals surface area contributed by atoms with Gasteiger partial charge in [0.2, 0.25) is 0 Å². The van der Waals surface area contributed by atoms with Crippen LogP contribution >= 0.6 is 23.1 Å². The van der Waals surface area contributed by atoms with Gasteiger partial charge in [-0.25, -0.2) is 0 Å². The lowest BCUT2D eigenvalue weighted by molar-refractivity contribution is 0.582. The quantitative estimate of drug-likeness (QED) is 0.307. The van der Waals surface area contributed by atoms with Gasteiger partial charge in [0.15, 0.2) is 7.14 Å². The first-order valence-electron chi connectivity index (χ1n) is 9.91. The maximum Gasteiger partial charge on any atom is 0.163 e. The van der Waals surface area contributed by atoms with E-state index >= 15 is 0 Å². The van der Waals surface area contributed by atoms with Gasteiger partial charge in [-0.15, -0.1) is 0 Å². The molecule has 0 aromatic heterocycles. The summed E-state index contributed by atoms with van der Waals surface area (Å²) in [5.74, 6) is -0.279. The van der Waals surface area contributed by atoms with Gasteiger partial charge in [0.25, 0.3) is 0 Å². The third kappa shape index (κ3) is 4.14. The molecule has 0 heterocycles. The maximum absolute atomic E-state index is 14.5. The average Bonchev–Trinajstić information content (AvgIpc) is 2.80. The Labute approximate surface area is 186 Å². The Hall–Kier alpha value is -2.61. The molecule has 0 bridgehead atoms. The Morgan fingerprint density at radius 1 is 0.700 bits per heavy atom. The van der Waals surface area contributed by atoms with Gasteiger partial charge in [0, 0.05) is 26.3 Å².